The van der Waals surface area contributed by atoms with Crippen LogP contribution in [0.25, 0.3) is 0 Å². The molecule has 1 nitrogen and oxygen atoms in total. The zero-order chi connectivity index (χ0) is 13.3. The van der Waals surface area contributed by atoms with Crippen LogP contribution in [0.15, 0.2) is 30.3 Å². The summed E-state index contributed by atoms with van der Waals surface area (Å²) in [6, 6.07) is 11.0. The highest BCUT2D eigenvalue weighted by atomic mass is 15.3. The van der Waals surface area contributed by atoms with Gasteiger partial charge in [0.25, 0.3) is 0 Å². The maximum Gasteiger partial charge on any atom is 0.104 e. The Morgan fingerprint density at radius 1 is 0.833 bits per heavy atom. The van der Waals surface area contributed by atoms with Crippen molar-refractivity contribution < 1.29 is 4.48 Å². The van der Waals surface area contributed by atoms with Gasteiger partial charge in [-0.2, -0.15) is 0 Å². The number of quaternary nitrogens is 1. The van der Waals surface area contributed by atoms with Crippen LogP contribution in [0.4, 0.5) is 0 Å². The van der Waals surface area contributed by atoms with E-state index >= 15 is 0 Å². The molecule has 0 radical (unpaired) electrons. The summed E-state index contributed by atoms with van der Waals surface area (Å²) >= 11 is 0. The van der Waals surface area contributed by atoms with Crippen molar-refractivity contribution >= 4 is 0 Å². The molecule has 0 atom stereocenters. The van der Waals surface area contributed by atoms with Crippen molar-refractivity contribution in [3.05, 3.63) is 35.9 Å². The second-order valence-electron chi connectivity index (χ2n) is 5.40. The molecule has 0 saturated heterocycles. The number of hydrogen-bond acceptors (Lipinski definition) is 0. The number of hydrogen-bond donors (Lipinski definition) is 0. The normalized spacial score (nSPS) is 11.7. The van der Waals surface area contributed by atoms with Crippen molar-refractivity contribution in [3.63, 3.8) is 0 Å². The Balaban J connectivity index is 2.56. The van der Waals surface area contributed by atoms with Gasteiger partial charge in [0, 0.05) is 5.56 Å². The van der Waals surface area contributed by atoms with E-state index in [1.165, 1.54) is 61.9 Å². The minimum absolute atomic E-state index is 1.19. The smallest absolute Gasteiger partial charge is 0.104 e. The molecular weight excluding hydrogens is 218 g/mol. The summed E-state index contributed by atoms with van der Waals surface area (Å²) in [5.74, 6) is 0. The Morgan fingerprint density at radius 2 is 1.50 bits per heavy atom. The Morgan fingerprint density at radius 3 is 2.06 bits per heavy atom. The van der Waals surface area contributed by atoms with Crippen molar-refractivity contribution in [3.8, 4) is 0 Å². The quantitative estimate of drug-likeness (QED) is 0.442. The van der Waals surface area contributed by atoms with Gasteiger partial charge in [0.2, 0.25) is 0 Å². The fourth-order valence-corrected chi connectivity index (χ4v) is 2.69. The van der Waals surface area contributed by atoms with Crippen LogP contribution in [0, 0.1) is 0 Å². The Kier molecular flexibility index (Phi) is 7.04. The molecule has 1 rings (SSSR count). The molecule has 0 heterocycles. The van der Waals surface area contributed by atoms with Crippen LogP contribution < -0.4 is 0 Å². The van der Waals surface area contributed by atoms with E-state index in [9.17, 15) is 0 Å². The first-order valence-electron chi connectivity index (χ1n) is 7.65. The second kappa shape index (κ2) is 8.31. The van der Waals surface area contributed by atoms with E-state index in [2.05, 4.69) is 51.1 Å². The predicted molar refractivity (Wildman–Crippen MR) is 80.5 cm³/mol. The lowest BCUT2D eigenvalue weighted by molar-refractivity contribution is -0.938. The van der Waals surface area contributed by atoms with E-state index in [1.807, 2.05) is 0 Å². The molecule has 0 aliphatic carbocycles. The van der Waals surface area contributed by atoms with Gasteiger partial charge in [-0.05, 0) is 26.7 Å². The van der Waals surface area contributed by atoms with Gasteiger partial charge in [0.15, 0.2) is 0 Å². The highest BCUT2D eigenvalue weighted by Gasteiger charge is 2.22. The Bertz CT molecular complexity index is 301. The van der Waals surface area contributed by atoms with Crippen molar-refractivity contribution in [1.29, 1.82) is 0 Å². The van der Waals surface area contributed by atoms with Crippen LogP contribution in [0.5, 0.6) is 0 Å². The van der Waals surface area contributed by atoms with Crippen LogP contribution in [0.1, 0.15) is 52.0 Å². The van der Waals surface area contributed by atoms with Crippen LogP contribution in [-0.4, -0.2) is 24.1 Å². The third-order valence-corrected chi connectivity index (χ3v) is 4.19. The molecule has 1 aromatic rings. The molecule has 0 bridgehead atoms. The summed E-state index contributed by atoms with van der Waals surface area (Å²) < 4.78 is 1.24. The average Bonchev–Trinajstić information content (AvgIpc) is 2.43. The van der Waals surface area contributed by atoms with Gasteiger partial charge in [-0.25, -0.2) is 0 Å². The van der Waals surface area contributed by atoms with Gasteiger partial charge in [-0.1, -0.05) is 50.1 Å². The molecule has 0 fully saturated rings. The monoisotopic (exact) mass is 248 g/mol. The van der Waals surface area contributed by atoms with Crippen molar-refractivity contribution in [2.45, 2.75) is 53.0 Å². The minimum atomic E-state index is 1.19. The molecule has 1 aromatic carbocycles. The van der Waals surface area contributed by atoms with E-state index in [1.54, 1.807) is 0 Å². The Labute approximate surface area is 113 Å². The third kappa shape index (κ3) is 4.81. The topological polar surface area (TPSA) is 0 Å². The number of benzene rings is 1. The summed E-state index contributed by atoms with van der Waals surface area (Å²) in [6.45, 7) is 12.0. The van der Waals surface area contributed by atoms with E-state index in [-0.39, 0.29) is 0 Å². The number of rotatable bonds is 9. The zero-order valence-electron chi connectivity index (χ0n) is 12.5. The molecule has 0 aromatic heterocycles. The van der Waals surface area contributed by atoms with Gasteiger partial charge >= 0.3 is 0 Å². The maximum absolute atomic E-state index is 2.34. The lowest BCUT2D eigenvalue weighted by Gasteiger charge is -2.37. The molecule has 1 heteroatoms. The molecule has 0 unspecified atom stereocenters. The average molecular weight is 248 g/mol. The molecular formula is C17H30N+. The fourth-order valence-electron chi connectivity index (χ4n) is 2.69. The first kappa shape index (κ1) is 15.2. The standard InChI is InChI=1S/C17H30N/c1-4-7-8-12-15-18(5-2,6-3)16-17-13-10-9-11-14-17/h9-11,13-14H,4-8,12,15-16H2,1-3H3/q+1. The highest BCUT2D eigenvalue weighted by Crippen LogP contribution is 2.16. The van der Waals surface area contributed by atoms with Crippen LogP contribution in [-0.2, 0) is 6.54 Å². The highest BCUT2D eigenvalue weighted by molar-refractivity contribution is 5.13. The first-order valence-corrected chi connectivity index (χ1v) is 7.65. The van der Waals surface area contributed by atoms with Gasteiger partial charge in [-0.15, -0.1) is 0 Å². The predicted octanol–water partition coefficient (Wildman–Crippen LogP) is 4.62. The maximum atomic E-state index is 2.34. The van der Waals surface area contributed by atoms with Gasteiger partial charge in [0.05, 0.1) is 19.6 Å². The molecule has 0 aliphatic rings. The zero-order valence-corrected chi connectivity index (χ0v) is 12.5. The number of unbranched alkanes of at least 4 members (excludes halogenated alkanes) is 3. The Hall–Kier alpha value is -0.820. The largest absolute Gasteiger partial charge is 0.320 e. The van der Waals surface area contributed by atoms with E-state index in [0.29, 0.717) is 0 Å². The lowest BCUT2D eigenvalue weighted by atomic mass is 10.1. The SMILES string of the molecule is CCCCCC[N+](CC)(CC)Cc1ccccc1. The molecule has 0 spiro atoms. The third-order valence-electron chi connectivity index (χ3n) is 4.19. The summed E-state index contributed by atoms with van der Waals surface area (Å²) in [5.41, 5.74) is 1.48. The van der Waals surface area contributed by atoms with Gasteiger partial charge in [-0.3, -0.25) is 0 Å². The van der Waals surface area contributed by atoms with Crippen molar-refractivity contribution in [2.75, 3.05) is 19.6 Å². The van der Waals surface area contributed by atoms with Crippen LogP contribution in [0.3, 0.4) is 0 Å². The summed E-state index contributed by atoms with van der Waals surface area (Å²) in [4.78, 5) is 0. The summed E-state index contributed by atoms with van der Waals surface area (Å²) in [5, 5.41) is 0. The fraction of sp³-hybridized carbons (Fsp3) is 0.647. The molecule has 18 heavy (non-hydrogen) atoms. The van der Waals surface area contributed by atoms with Crippen molar-refractivity contribution in [2.24, 2.45) is 0 Å². The van der Waals surface area contributed by atoms with E-state index in [0.717, 1.165) is 0 Å². The minimum Gasteiger partial charge on any atom is -0.320 e. The molecule has 0 N–H and O–H groups in total. The molecule has 102 valence electrons. The molecule has 0 saturated carbocycles. The van der Waals surface area contributed by atoms with E-state index in [4.69, 9.17) is 0 Å². The van der Waals surface area contributed by atoms with Crippen LogP contribution in [0.2, 0.25) is 0 Å². The molecule has 0 amide bonds. The number of nitrogens with zero attached hydrogens (tertiary/aromatic N) is 1. The van der Waals surface area contributed by atoms with Gasteiger partial charge in [0.1, 0.15) is 6.54 Å². The van der Waals surface area contributed by atoms with Crippen LogP contribution >= 0.6 is 0 Å². The van der Waals surface area contributed by atoms with E-state index < -0.39 is 0 Å². The van der Waals surface area contributed by atoms with Crippen molar-refractivity contribution in [1.82, 2.24) is 0 Å². The second-order valence-corrected chi connectivity index (χ2v) is 5.40. The summed E-state index contributed by atoms with van der Waals surface area (Å²) in [6.07, 6.45) is 5.49. The lowest BCUT2D eigenvalue weighted by Crippen LogP contribution is -2.47. The van der Waals surface area contributed by atoms with Gasteiger partial charge < -0.3 is 4.48 Å². The first-order chi connectivity index (χ1) is 8.76. The molecule has 0 aliphatic heterocycles. The summed E-state index contributed by atoms with van der Waals surface area (Å²) in [7, 11) is 0.